The second kappa shape index (κ2) is 6.66. The summed E-state index contributed by atoms with van der Waals surface area (Å²) in [4.78, 5) is 24.4. The average Bonchev–Trinajstić information content (AvgIpc) is 2.38. The topological polar surface area (TPSA) is 87.2 Å². The predicted molar refractivity (Wildman–Crippen MR) is 74.2 cm³/mol. The summed E-state index contributed by atoms with van der Waals surface area (Å²) in [5.74, 6) is -0.281. The zero-order valence-corrected chi connectivity index (χ0v) is 11.8. The summed E-state index contributed by atoms with van der Waals surface area (Å²) in [5, 5.41) is 19.6. The lowest BCUT2D eigenvalue weighted by atomic mass is 10.0. The molecule has 0 aromatic heterocycles. The van der Waals surface area contributed by atoms with Crippen molar-refractivity contribution in [3.05, 3.63) is 39.4 Å². The fourth-order valence-corrected chi connectivity index (χ4v) is 1.97. The van der Waals surface area contributed by atoms with E-state index in [1.165, 1.54) is 12.1 Å². The molecule has 0 aliphatic carbocycles. The van der Waals surface area contributed by atoms with Crippen LogP contribution in [0.1, 0.15) is 36.2 Å². The minimum Gasteiger partial charge on any atom is -0.335 e. The van der Waals surface area contributed by atoms with Crippen LogP contribution in [0.15, 0.2) is 18.2 Å². The summed E-state index contributed by atoms with van der Waals surface area (Å²) in [6.07, 6.45) is 0.234. The van der Waals surface area contributed by atoms with Gasteiger partial charge in [-0.15, -0.1) is 0 Å². The maximum atomic E-state index is 12.5. The van der Waals surface area contributed by atoms with Gasteiger partial charge in [0.2, 0.25) is 0 Å². The van der Waals surface area contributed by atoms with Crippen molar-refractivity contribution < 1.29 is 9.72 Å². The van der Waals surface area contributed by atoms with E-state index in [-0.39, 0.29) is 24.1 Å². The molecule has 1 amide bonds. The second-order valence-electron chi connectivity index (χ2n) is 4.71. The Bertz CT molecular complexity index is 561. The number of rotatable bonds is 5. The summed E-state index contributed by atoms with van der Waals surface area (Å²) in [6, 6.07) is 6.38. The molecule has 0 N–H and O–H groups in total. The summed E-state index contributed by atoms with van der Waals surface area (Å²) in [5.41, 5.74) is 0.593. The van der Waals surface area contributed by atoms with Crippen LogP contribution in [-0.4, -0.2) is 28.3 Å². The third-order valence-corrected chi connectivity index (χ3v) is 3.08. The van der Waals surface area contributed by atoms with Crippen molar-refractivity contribution in [1.82, 2.24) is 4.90 Å². The maximum absolute atomic E-state index is 12.5. The smallest absolute Gasteiger partial charge is 0.273 e. The van der Waals surface area contributed by atoms with Crippen LogP contribution >= 0.6 is 0 Å². The second-order valence-corrected chi connectivity index (χ2v) is 4.71. The van der Waals surface area contributed by atoms with Crippen LogP contribution in [0.5, 0.6) is 0 Å². The number of benzene rings is 1. The molecule has 1 rings (SSSR count). The van der Waals surface area contributed by atoms with Gasteiger partial charge in [-0.3, -0.25) is 14.9 Å². The lowest BCUT2D eigenvalue weighted by molar-refractivity contribution is -0.385. The van der Waals surface area contributed by atoms with Crippen molar-refractivity contribution in [3.8, 4) is 6.07 Å². The zero-order valence-electron chi connectivity index (χ0n) is 11.8. The summed E-state index contributed by atoms with van der Waals surface area (Å²) in [7, 11) is 0. The lowest BCUT2D eigenvalue weighted by Gasteiger charge is -2.26. The molecule has 0 unspecified atom stereocenters. The number of nitriles is 1. The molecule has 0 fully saturated rings. The molecule has 20 heavy (non-hydrogen) atoms. The number of hydrogen-bond acceptors (Lipinski definition) is 4. The number of nitro groups is 1. The molecular weight excluding hydrogens is 258 g/mol. The minimum absolute atomic E-state index is 0.0696. The van der Waals surface area contributed by atoms with Crippen LogP contribution in [0.2, 0.25) is 0 Å². The molecule has 0 spiro atoms. The molecule has 6 nitrogen and oxygen atoms in total. The average molecular weight is 275 g/mol. The number of carbonyl (C=O) groups excluding carboxylic acids is 1. The normalized spacial score (nSPS) is 10.2. The van der Waals surface area contributed by atoms with E-state index < -0.39 is 4.92 Å². The van der Waals surface area contributed by atoms with Gasteiger partial charge in [0.05, 0.1) is 17.4 Å². The van der Waals surface area contributed by atoms with E-state index in [0.717, 1.165) is 0 Å². The molecule has 0 radical (unpaired) electrons. The van der Waals surface area contributed by atoms with Crippen LogP contribution < -0.4 is 0 Å². The van der Waals surface area contributed by atoms with E-state index in [1.807, 2.05) is 19.9 Å². The molecule has 0 saturated heterocycles. The number of carbonyl (C=O) groups is 1. The van der Waals surface area contributed by atoms with Crippen molar-refractivity contribution in [2.75, 3.05) is 6.54 Å². The molecule has 1 aromatic rings. The maximum Gasteiger partial charge on any atom is 0.273 e. The molecule has 1 aromatic carbocycles. The van der Waals surface area contributed by atoms with Gasteiger partial charge >= 0.3 is 0 Å². The molecule has 0 saturated carbocycles. The van der Waals surface area contributed by atoms with Gasteiger partial charge in [-0.1, -0.05) is 6.07 Å². The molecule has 0 bridgehead atoms. The van der Waals surface area contributed by atoms with Crippen molar-refractivity contribution in [3.63, 3.8) is 0 Å². The summed E-state index contributed by atoms with van der Waals surface area (Å²) >= 11 is 0. The first-order valence-corrected chi connectivity index (χ1v) is 6.32. The van der Waals surface area contributed by atoms with Crippen LogP contribution in [0, 0.1) is 28.4 Å². The standard InChI is InChI=1S/C14H17N3O3/c1-10(2)16(9-5-8-15)14(18)12-6-4-7-13(11(12)3)17(19)20/h4,6-7,10H,5,9H2,1-3H3. The Balaban J connectivity index is 3.16. The first-order chi connectivity index (χ1) is 9.40. The molecule has 0 heterocycles. The predicted octanol–water partition coefficient (Wildman–Crippen LogP) is 2.67. The van der Waals surface area contributed by atoms with Crippen molar-refractivity contribution in [2.24, 2.45) is 0 Å². The fourth-order valence-electron chi connectivity index (χ4n) is 1.97. The van der Waals surface area contributed by atoms with E-state index in [1.54, 1.807) is 17.9 Å². The van der Waals surface area contributed by atoms with Gasteiger partial charge in [0.25, 0.3) is 11.6 Å². The molecule has 0 atom stereocenters. The van der Waals surface area contributed by atoms with Gasteiger partial charge in [0.1, 0.15) is 0 Å². The number of nitro benzene ring substituents is 1. The SMILES string of the molecule is Cc1c(C(=O)N(CCC#N)C(C)C)cccc1[N+](=O)[O-]. The van der Waals surface area contributed by atoms with Gasteiger partial charge in [-0.05, 0) is 26.8 Å². The van der Waals surface area contributed by atoms with Crippen LogP contribution in [0.25, 0.3) is 0 Å². The molecule has 0 aliphatic rings. The lowest BCUT2D eigenvalue weighted by Crippen LogP contribution is -2.38. The van der Waals surface area contributed by atoms with E-state index in [2.05, 4.69) is 0 Å². The highest BCUT2D eigenvalue weighted by atomic mass is 16.6. The fraction of sp³-hybridized carbons (Fsp3) is 0.429. The molecule has 106 valence electrons. The largest absolute Gasteiger partial charge is 0.335 e. The Kier molecular flexibility index (Phi) is 5.21. The minimum atomic E-state index is -0.499. The first kappa shape index (κ1) is 15.6. The Labute approximate surface area is 117 Å². The van der Waals surface area contributed by atoms with Crippen molar-refractivity contribution in [2.45, 2.75) is 33.2 Å². The zero-order chi connectivity index (χ0) is 15.3. The first-order valence-electron chi connectivity index (χ1n) is 6.32. The van der Waals surface area contributed by atoms with E-state index in [9.17, 15) is 14.9 Å². The molecule has 0 aliphatic heterocycles. The number of nitrogens with zero attached hydrogens (tertiary/aromatic N) is 3. The van der Waals surface area contributed by atoms with Crippen molar-refractivity contribution >= 4 is 11.6 Å². The molecular formula is C14H17N3O3. The quantitative estimate of drug-likeness (QED) is 0.610. The summed E-state index contributed by atoms with van der Waals surface area (Å²) in [6.45, 7) is 5.58. The van der Waals surface area contributed by atoms with Gasteiger partial charge in [0.15, 0.2) is 0 Å². The highest BCUT2D eigenvalue weighted by Crippen LogP contribution is 2.23. The van der Waals surface area contributed by atoms with Crippen LogP contribution in [0.3, 0.4) is 0 Å². The number of amides is 1. The van der Waals surface area contributed by atoms with Crippen LogP contribution in [0.4, 0.5) is 5.69 Å². The van der Waals surface area contributed by atoms with Gasteiger partial charge in [0, 0.05) is 29.8 Å². The monoisotopic (exact) mass is 275 g/mol. The third kappa shape index (κ3) is 3.32. The van der Waals surface area contributed by atoms with E-state index >= 15 is 0 Å². The Morgan fingerprint density at radius 1 is 1.50 bits per heavy atom. The van der Waals surface area contributed by atoms with Gasteiger partial charge in [-0.2, -0.15) is 5.26 Å². The Morgan fingerprint density at radius 2 is 2.15 bits per heavy atom. The van der Waals surface area contributed by atoms with E-state index in [0.29, 0.717) is 17.7 Å². The number of hydrogen-bond donors (Lipinski definition) is 0. The van der Waals surface area contributed by atoms with Gasteiger partial charge in [-0.25, -0.2) is 0 Å². The Hall–Kier alpha value is -2.42. The van der Waals surface area contributed by atoms with Crippen molar-refractivity contribution in [1.29, 1.82) is 5.26 Å². The van der Waals surface area contributed by atoms with Crippen LogP contribution in [-0.2, 0) is 0 Å². The van der Waals surface area contributed by atoms with E-state index in [4.69, 9.17) is 5.26 Å². The Morgan fingerprint density at radius 3 is 2.65 bits per heavy atom. The highest BCUT2D eigenvalue weighted by Gasteiger charge is 2.23. The summed E-state index contributed by atoms with van der Waals surface area (Å²) < 4.78 is 0. The highest BCUT2D eigenvalue weighted by molar-refractivity contribution is 5.96. The third-order valence-electron chi connectivity index (χ3n) is 3.08. The molecule has 6 heteroatoms. The van der Waals surface area contributed by atoms with Gasteiger partial charge < -0.3 is 4.90 Å².